The number of benzene rings is 2. The molecule has 1 heterocycles. The van der Waals surface area contributed by atoms with Crippen molar-refractivity contribution in [3.05, 3.63) is 65.7 Å². The number of carboxylic acid groups (broad SMARTS) is 1. The van der Waals surface area contributed by atoms with Crippen molar-refractivity contribution in [3.8, 4) is 0 Å². The van der Waals surface area contributed by atoms with Gasteiger partial charge in [-0.3, -0.25) is 0 Å². The highest BCUT2D eigenvalue weighted by Crippen LogP contribution is 2.28. The molecule has 0 aromatic heterocycles. The maximum absolute atomic E-state index is 11.4. The molecule has 2 aromatic carbocycles. The molecular weight excluding hydrogens is 347 g/mol. The van der Waals surface area contributed by atoms with Gasteiger partial charge in [0.15, 0.2) is 0 Å². The topological polar surface area (TPSA) is 61.4 Å². The molecule has 1 saturated heterocycles. The highest BCUT2D eigenvalue weighted by molar-refractivity contribution is 5.94. The van der Waals surface area contributed by atoms with Crippen LogP contribution in [0.1, 0.15) is 28.3 Å². The predicted molar refractivity (Wildman–Crippen MR) is 102 cm³/mol. The van der Waals surface area contributed by atoms with Crippen molar-refractivity contribution in [1.82, 2.24) is 5.32 Å². The third kappa shape index (κ3) is 4.63. The van der Waals surface area contributed by atoms with E-state index in [-0.39, 0.29) is 30.9 Å². The van der Waals surface area contributed by atoms with E-state index in [0.717, 1.165) is 19.5 Å². The average molecular weight is 369 g/mol. The number of aromatic carboxylic acids is 1. The minimum atomic E-state index is -0.900. The molecule has 1 fully saturated rings. The zero-order chi connectivity index (χ0) is 15.4. The van der Waals surface area contributed by atoms with E-state index in [2.05, 4.69) is 34.9 Å². The van der Waals surface area contributed by atoms with Crippen LogP contribution in [0.3, 0.4) is 0 Å². The largest absolute Gasteiger partial charge is 0.478 e. The van der Waals surface area contributed by atoms with Crippen molar-refractivity contribution in [3.63, 3.8) is 0 Å². The Morgan fingerprint density at radius 3 is 2.42 bits per heavy atom. The SMILES string of the molecule is Cl.Cl.O=C(O)c1ccccc1N[C@H]1CNCC[C@@H]1c1ccccc1. The monoisotopic (exact) mass is 368 g/mol. The quantitative estimate of drug-likeness (QED) is 0.768. The molecule has 1 aliphatic rings. The number of carbonyl (C=O) groups is 1. The van der Waals surface area contributed by atoms with Crippen LogP contribution in [0.15, 0.2) is 54.6 Å². The number of halogens is 2. The van der Waals surface area contributed by atoms with E-state index in [0.29, 0.717) is 17.2 Å². The third-order valence-corrected chi connectivity index (χ3v) is 4.21. The number of hydrogen-bond acceptors (Lipinski definition) is 3. The minimum absolute atomic E-state index is 0. The standard InChI is InChI=1S/C18H20N2O2.2ClH/c21-18(22)15-8-4-5-9-16(15)20-17-12-19-11-10-14(17)13-6-2-1-3-7-13;;/h1-9,14,17,19-20H,10-12H2,(H,21,22);2*1H/t14-,17+;;/m1../s1. The molecule has 0 unspecified atom stereocenters. The smallest absolute Gasteiger partial charge is 0.337 e. The molecular formula is C18H22Cl2N2O2. The van der Waals surface area contributed by atoms with Gasteiger partial charge in [-0.15, -0.1) is 24.8 Å². The Morgan fingerprint density at radius 2 is 1.71 bits per heavy atom. The molecule has 2 aromatic rings. The van der Waals surface area contributed by atoms with E-state index >= 15 is 0 Å². The second kappa shape index (κ2) is 9.52. The van der Waals surface area contributed by atoms with Crippen LogP contribution in [0.5, 0.6) is 0 Å². The zero-order valence-corrected chi connectivity index (χ0v) is 14.8. The first kappa shape index (κ1) is 20.3. The first-order valence-corrected chi connectivity index (χ1v) is 7.60. The number of anilines is 1. The van der Waals surface area contributed by atoms with Gasteiger partial charge in [-0.2, -0.15) is 0 Å². The van der Waals surface area contributed by atoms with Crippen molar-refractivity contribution in [2.75, 3.05) is 18.4 Å². The van der Waals surface area contributed by atoms with Crippen LogP contribution in [0.25, 0.3) is 0 Å². The van der Waals surface area contributed by atoms with Gasteiger partial charge in [0, 0.05) is 24.2 Å². The molecule has 0 aliphatic carbocycles. The van der Waals surface area contributed by atoms with Gasteiger partial charge in [0.1, 0.15) is 0 Å². The Kier molecular flexibility index (Phi) is 8.05. The summed E-state index contributed by atoms with van der Waals surface area (Å²) >= 11 is 0. The van der Waals surface area contributed by atoms with Crippen LogP contribution in [0.2, 0.25) is 0 Å². The average Bonchev–Trinajstić information content (AvgIpc) is 2.56. The zero-order valence-electron chi connectivity index (χ0n) is 13.1. The van der Waals surface area contributed by atoms with E-state index in [1.165, 1.54) is 5.56 Å². The van der Waals surface area contributed by atoms with Gasteiger partial charge in [0.05, 0.1) is 5.56 Å². The van der Waals surface area contributed by atoms with E-state index in [1.54, 1.807) is 12.1 Å². The van der Waals surface area contributed by atoms with Crippen LogP contribution in [0.4, 0.5) is 5.69 Å². The summed E-state index contributed by atoms with van der Waals surface area (Å²) in [5.74, 6) is -0.521. The molecule has 4 nitrogen and oxygen atoms in total. The maximum Gasteiger partial charge on any atom is 0.337 e. The lowest BCUT2D eigenvalue weighted by Crippen LogP contribution is -2.44. The van der Waals surface area contributed by atoms with Gasteiger partial charge in [0.25, 0.3) is 0 Å². The van der Waals surface area contributed by atoms with Crippen molar-refractivity contribution in [2.24, 2.45) is 0 Å². The molecule has 3 N–H and O–H groups in total. The third-order valence-electron chi connectivity index (χ3n) is 4.21. The Balaban J connectivity index is 0.00000144. The van der Waals surface area contributed by atoms with Crippen molar-refractivity contribution >= 4 is 36.5 Å². The summed E-state index contributed by atoms with van der Waals surface area (Å²) in [6, 6.07) is 17.7. The van der Waals surface area contributed by atoms with Gasteiger partial charge in [0.2, 0.25) is 0 Å². The molecule has 0 saturated carbocycles. The Labute approximate surface area is 154 Å². The molecule has 0 radical (unpaired) electrons. The van der Waals surface area contributed by atoms with Gasteiger partial charge in [-0.05, 0) is 30.7 Å². The van der Waals surface area contributed by atoms with Crippen LogP contribution in [-0.4, -0.2) is 30.2 Å². The fourth-order valence-electron chi connectivity index (χ4n) is 3.10. The van der Waals surface area contributed by atoms with Gasteiger partial charge < -0.3 is 15.7 Å². The summed E-state index contributed by atoms with van der Waals surface area (Å²) in [5.41, 5.74) is 2.30. The summed E-state index contributed by atoms with van der Waals surface area (Å²) in [4.78, 5) is 11.4. The summed E-state index contributed by atoms with van der Waals surface area (Å²) in [5, 5.41) is 16.2. The number of piperidine rings is 1. The second-order valence-electron chi connectivity index (χ2n) is 5.61. The Morgan fingerprint density at radius 1 is 1.04 bits per heavy atom. The Bertz CT molecular complexity index is 652. The van der Waals surface area contributed by atoms with Gasteiger partial charge >= 0.3 is 5.97 Å². The first-order valence-electron chi connectivity index (χ1n) is 7.60. The lowest BCUT2D eigenvalue weighted by atomic mass is 9.86. The highest BCUT2D eigenvalue weighted by atomic mass is 35.5. The first-order chi connectivity index (χ1) is 10.8. The second-order valence-corrected chi connectivity index (χ2v) is 5.61. The summed E-state index contributed by atoms with van der Waals surface area (Å²) < 4.78 is 0. The fourth-order valence-corrected chi connectivity index (χ4v) is 3.10. The molecule has 130 valence electrons. The minimum Gasteiger partial charge on any atom is -0.478 e. The summed E-state index contributed by atoms with van der Waals surface area (Å²) in [7, 11) is 0. The van der Waals surface area contributed by atoms with E-state index in [4.69, 9.17) is 0 Å². The van der Waals surface area contributed by atoms with Gasteiger partial charge in [-0.25, -0.2) is 4.79 Å². The number of hydrogen-bond donors (Lipinski definition) is 3. The van der Waals surface area contributed by atoms with Crippen molar-refractivity contribution in [2.45, 2.75) is 18.4 Å². The van der Waals surface area contributed by atoms with Crippen LogP contribution in [-0.2, 0) is 0 Å². The van der Waals surface area contributed by atoms with Crippen LogP contribution >= 0.6 is 24.8 Å². The number of carboxylic acids is 1. The summed E-state index contributed by atoms with van der Waals surface area (Å²) in [6.45, 7) is 1.81. The lowest BCUT2D eigenvalue weighted by Gasteiger charge is -2.34. The molecule has 6 heteroatoms. The van der Waals surface area contributed by atoms with Crippen molar-refractivity contribution in [1.29, 1.82) is 0 Å². The fraction of sp³-hybridized carbons (Fsp3) is 0.278. The molecule has 24 heavy (non-hydrogen) atoms. The molecule has 2 atom stereocenters. The maximum atomic E-state index is 11.4. The number of para-hydroxylation sites is 1. The lowest BCUT2D eigenvalue weighted by molar-refractivity contribution is 0.0698. The predicted octanol–water partition coefficient (Wildman–Crippen LogP) is 3.79. The van der Waals surface area contributed by atoms with Crippen LogP contribution in [0, 0.1) is 0 Å². The number of rotatable bonds is 4. The summed E-state index contributed by atoms with van der Waals surface area (Å²) in [6.07, 6.45) is 1.04. The molecule has 0 bridgehead atoms. The highest BCUT2D eigenvalue weighted by Gasteiger charge is 2.27. The van der Waals surface area contributed by atoms with Crippen LogP contribution < -0.4 is 10.6 Å². The molecule has 0 spiro atoms. The normalized spacial score (nSPS) is 19.5. The van der Waals surface area contributed by atoms with E-state index < -0.39 is 5.97 Å². The number of nitrogens with one attached hydrogen (secondary N) is 2. The van der Waals surface area contributed by atoms with Crippen molar-refractivity contribution < 1.29 is 9.90 Å². The van der Waals surface area contributed by atoms with E-state index in [1.807, 2.05) is 18.2 Å². The molecule has 3 rings (SSSR count). The molecule has 1 aliphatic heterocycles. The van der Waals surface area contributed by atoms with Gasteiger partial charge in [-0.1, -0.05) is 42.5 Å². The van der Waals surface area contributed by atoms with E-state index in [9.17, 15) is 9.90 Å². The Hall–Kier alpha value is -1.75. The molecule has 0 amide bonds.